The number of unbranched alkanes of at least 4 members (excludes halogenated alkanes) is 2. The number of Topliss-reactive ketones (excluding diaryl/α,β-unsaturated/α-hetero) is 1. The number of aliphatic hydroxyl groups excluding tert-OH is 2. The van der Waals surface area contributed by atoms with E-state index in [1.165, 1.54) is 4.90 Å². The van der Waals surface area contributed by atoms with Gasteiger partial charge < -0.3 is 31.5 Å². The summed E-state index contributed by atoms with van der Waals surface area (Å²) < 4.78 is 0. The van der Waals surface area contributed by atoms with Gasteiger partial charge in [0, 0.05) is 37.8 Å². The summed E-state index contributed by atoms with van der Waals surface area (Å²) in [4.78, 5) is 50.4. The van der Waals surface area contributed by atoms with Crippen molar-refractivity contribution in [2.75, 3.05) is 13.1 Å². The van der Waals surface area contributed by atoms with Gasteiger partial charge in [-0.25, -0.2) is 4.79 Å². The molecule has 0 spiro atoms. The first-order valence-corrected chi connectivity index (χ1v) is 13.7. The van der Waals surface area contributed by atoms with E-state index < -0.39 is 29.8 Å². The summed E-state index contributed by atoms with van der Waals surface area (Å²) in [5.74, 6) is -0.857. The van der Waals surface area contributed by atoms with Crippen molar-refractivity contribution >= 4 is 23.6 Å². The lowest BCUT2D eigenvalue weighted by atomic mass is 9.72. The summed E-state index contributed by atoms with van der Waals surface area (Å²) in [6, 6.07) is -1.20. The molecule has 6 atom stereocenters. The average molecular weight is 527 g/mol. The van der Waals surface area contributed by atoms with Crippen LogP contribution < -0.4 is 16.4 Å². The van der Waals surface area contributed by atoms with Crippen LogP contribution in [0.15, 0.2) is 0 Å². The zero-order valence-electron chi connectivity index (χ0n) is 23.6. The topological polar surface area (TPSA) is 162 Å². The summed E-state index contributed by atoms with van der Waals surface area (Å²) in [6.45, 7) is 12.0. The summed E-state index contributed by atoms with van der Waals surface area (Å²) >= 11 is 0. The standard InChI is InChI=1S/C27H50N4O6/c1-17(2)23(24(35)19(4)16-27(6,20(5)32)12-10-13-29-26(28)37)30-21(33)11-8-7-9-14-31-22(34)15-18(3)25(31)36/h17-20,22-23,32,34H,7-16H2,1-6H3,(H,30,33)(H3,28,29,37)/t18?,19?,20?,22?,23-,27?/m0/s1. The second-order valence-corrected chi connectivity index (χ2v) is 11.5. The molecule has 0 aromatic heterocycles. The smallest absolute Gasteiger partial charge is 0.312 e. The molecule has 10 nitrogen and oxygen atoms in total. The number of nitrogens with one attached hydrogen (secondary N) is 2. The molecule has 0 bridgehead atoms. The Kier molecular flexibility index (Phi) is 13.5. The highest BCUT2D eigenvalue weighted by Gasteiger charge is 2.37. The number of urea groups is 1. The number of nitrogens with two attached hydrogens (primary N) is 1. The molecule has 1 aliphatic rings. The van der Waals surface area contributed by atoms with Gasteiger partial charge in [0.2, 0.25) is 11.8 Å². The number of ketones is 1. The first-order chi connectivity index (χ1) is 17.2. The number of rotatable bonds is 17. The maximum atomic E-state index is 13.3. The van der Waals surface area contributed by atoms with E-state index in [-0.39, 0.29) is 41.8 Å². The van der Waals surface area contributed by atoms with Gasteiger partial charge in [-0.2, -0.15) is 0 Å². The summed E-state index contributed by atoms with van der Waals surface area (Å²) in [6.07, 6.45) is 3.16. The molecular formula is C27H50N4O6. The fourth-order valence-electron chi connectivity index (χ4n) is 5.08. The first-order valence-electron chi connectivity index (χ1n) is 13.7. The number of nitrogens with zero attached hydrogens (tertiary/aromatic N) is 1. The van der Waals surface area contributed by atoms with Gasteiger partial charge in [-0.05, 0) is 50.4 Å². The number of carbonyl (C=O) groups excluding carboxylic acids is 4. The lowest BCUT2D eigenvalue weighted by Gasteiger charge is -2.36. The van der Waals surface area contributed by atoms with E-state index in [1.54, 1.807) is 6.92 Å². The van der Waals surface area contributed by atoms with Crippen LogP contribution in [0.1, 0.15) is 92.9 Å². The third-order valence-electron chi connectivity index (χ3n) is 7.71. The monoisotopic (exact) mass is 526 g/mol. The quantitative estimate of drug-likeness (QED) is 0.183. The van der Waals surface area contributed by atoms with Crippen LogP contribution in [0.3, 0.4) is 0 Å². The molecule has 0 aliphatic carbocycles. The molecule has 214 valence electrons. The third-order valence-corrected chi connectivity index (χ3v) is 7.71. The minimum atomic E-state index is -0.715. The second-order valence-electron chi connectivity index (χ2n) is 11.5. The maximum Gasteiger partial charge on any atom is 0.312 e. The van der Waals surface area contributed by atoms with E-state index in [2.05, 4.69) is 10.6 Å². The molecule has 0 saturated carbocycles. The normalized spacial score (nSPS) is 21.9. The minimum Gasteiger partial charge on any atom is -0.393 e. The van der Waals surface area contributed by atoms with Crippen LogP contribution in [0.2, 0.25) is 0 Å². The van der Waals surface area contributed by atoms with Crippen LogP contribution in [0.4, 0.5) is 4.79 Å². The van der Waals surface area contributed by atoms with Crippen molar-refractivity contribution in [1.29, 1.82) is 0 Å². The van der Waals surface area contributed by atoms with Crippen LogP contribution in [0, 0.1) is 23.2 Å². The molecule has 5 unspecified atom stereocenters. The lowest BCUT2D eigenvalue weighted by molar-refractivity contribution is -0.135. The number of hydrogen-bond donors (Lipinski definition) is 5. The largest absolute Gasteiger partial charge is 0.393 e. The van der Waals surface area contributed by atoms with Crippen LogP contribution in [-0.4, -0.2) is 70.2 Å². The fraction of sp³-hybridized carbons (Fsp3) is 0.852. The second kappa shape index (κ2) is 15.3. The molecule has 1 rings (SSSR count). The van der Waals surface area contributed by atoms with Crippen LogP contribution in [-0.2, 0) is 14.4 Å². The Morgan fingerprint density at radius 2 is 1.78 bits per heavy atom. The number of likely N-dealkylation sites (tertiary alicyclic amines) is 1. The van der Waals surface area contributed by atoms with Crippen molar-refractivity contribution in [2.45, 2.75) is 111 Å². The lowest BCUT2D eigenvalue weighted by Crippen LogP contribution is -2.47. The molecule has 37 heavy (non-hydrogen) atoms. The number of aliphatic hydroxyl groups is 2. The predicted octanol–water partition coefficient (Wildman–Crippen LogP) is 2.31. The number of hydrogen-bond acceptors (Lipinski definition) is 6. The fourth-order valence-corrected chi connectivity index (χ4v) is 5.08. The van der Waals surface area contributed by atoms with Crippen molar-refractivity contribution in [1.82, 2.24) is 15.5 Å². The number of primary amides is 1. The summed E-state index contributed by atoms with van der Waals surface area (Å²) in [5.41, 5.74) is 4.58. The Bertz CT molecular complexity index is 774. The average Bonchev–Trinajstić information content (AvgIpc) is 3.04. The van der Waals surface area contributed by atoms with Crippen LogP contribution >= 0.6 is 0 Å². The Morgan fingerprint density at radius 3 is 2.30 bits per heavy atom. The highest BCUT2D eigenvalue weighted by atomic mass is 16.3. The SMILES string of the molecule is CC(CC(C)(CCCNC(N)=O)C(C)O)C(=O)[C@@H](NC(=O)CCCCCN1C(=O)C(C)CC1O)C(C)C. The van der Waals surface area contributed by atoms with Gasteiger partial charge in [-0.1, -0.05) is 41.0 Å². The molecule has 6 N–H and O–H groups in total. The van der Waals surface area contributed by atoms with E-state index in [4.69, 9.17) is 5.73 Å². The Labute approximate surface area is 222 Å². The van der Waals surface area contributed by atoms with Gasteiger partial charge in [0.1, 0.15) is 6.23 Å². The zero-order valence-corrected chi connectivity index (χ0v) is 23.6. The summed E-state index contributed by atoms with van der Waals surface area (Å²) in [5, 5.41) is 25.9. The number of carbonyl (C=O) groups is 4. The van der Waals surface area contributed by atoms with E-state index in [9.17, 15) is 29.4 Å². The maximum absolute atomic E-state index is 13.3. The van der Waals surface area contributed by atoms with Crippen molar-refractivity contribution < 1.29 is 29.4 Å². The highest BCUT2D eigenvalue weighted by Crippen LogP contribution is 2.36. The van der Waals surface area contributed by atoms with Crippen LogP contribution in [0.25, 0.3) is 0 Å². The van der Waals surface area contributed by atoms with Gasteiger partial charge in [-0.3, -0.25) is 14.4 Å². The van der Waals surface area contributed by atoms with E-state index in [1.807, 2.05) is 34.6 Å². The van der Waals surface area contributed by atoms with E-state index in [0.29, 0.717) is 51.6 Å². The van der Waals surface area contributed by atoms with Gasteiger partial charge in [0.05, 0.1) is 12.1 Å². The first kappa shape index (κ1) is 32.8. The van der Waals surface area contributed by atoms with Gasteiger partial charge >= 0.3 is 6.03 Å². The highest BCUT2D eigenvalue weighted by molar-refractivity contribution is 5.90. The van der Waals surface area contributed by atoms with Crippen molar-refractivity contribution in [3.8, 4) is 0 Å². The minimum absolute atomic E-state index is 0.0216. The van der Waals surface area contributed by atoms with Crippen molar-refractivity contribution in [2.24, 2.45) is 28.9 Å². The molecule has 0 aromatic rings. The molecule has 1 saturated heterocycles. The van der Waals surface area contributed by atoms with Gasteiger partial charge in [0.15, 0.2) is 5.78 Å². The molecule has 10 heteroatoms. The molecule has 0 radical (unpaired) electrons. The van der Waals surface area contributed by atoms with Crippen molar-refractivity contribution in [3.05, 3.63) is 0 Å². The molecule has 1 fully saturated rings. The molecule has 1 aliphatic heterocycles. The summed E-state index contributed by atoms with van der Waals surface area (Å²) in [7, 11) is 0. The zero-order chi connectivity index (χ0) is 28.3. The van der Waals surface area contributed by atoms with Gasteiger partial charge in [-0.15, -0.1) is 0 Å². The predicted molar refractivity (Wildman–Crippen MR) is 142 cm³/mol. The molecule has 1 heterocycles. The Morgan fingerprint density at radius 1 is 1.14 bits per heavy atom. The molecule has 4 amide bonds. The van der Waals surface area contributed by atoms with E-state index in [0.717, 1.165) is 6.42 Å². The van der Waals surface area contributed by atoms with Gasteiger partial charge in [0.25, 0.3) is 0 Å². The van der Waals surface area contributed by atoms with Crippen molar-refractivity contribution in [3.63, 3.8) is 0 Å². The Balaban J connectivity index is 2.55. The molecule has 0 aromatic carbocycles. The Hall–Kier alpha value is -2.20. The number of amides is 4. The van der Waals surface area contributed by atoms with E-state index >= 15 is 0 Å². The third kappa shape index (κ3) is 10.6. The van der Waals surface area contributed by atoms with Crippen LogP contribution in [0.5, 0.6) is 0 Å². The molecular weight excluding hydrogens is 476 g/mol.